The van der Waals surface area contributed by atoms with E-state index in [0.717, 1.165) is 17.9 Å². The highest BCUT2D eigenvalue weighted by Crippen LogP contribution is 2.48. The average Bonchev–Trinajstić information content (AvgIpc) is 3.34. The summed E-state index contributed by atoms with van der Waals surface area (Å²) in [6.07, 6.45) is 2.12. The largest absolute Gasteiger partial charge is 0.484 e. The second-order valence-corrected chi connectivity index (χ2v) is 6.68. The third-order valence-electron chi connectivity index (χ3n) is 4.10. The van der Waals surface area contributed by atoms with E-state index in [0.29, 0.717) is 17.3 Å². The molecule has 23 heavy (non-hydrogen) atoms. The van der Waals surface area contributed by atoms with Crippen LogP contribution in [-0.2, 0) is 10.2 Å². The van der Waals surface area contributed by atoms with Gasteiger partial charge in [-0.1, -0.05) is 35.3 Å². The quantitative estimate of drug-likeness (QED) is 0.847. The maximum atomic E-state index is 12.0. The number of hydrogen-bond acceptors (Lipinski definition) is 2. The Morgan fingerprint density at radius 2 is 1.83 bits per heavy atom. The lowest BCUT2D eigenvalue weighted by atomic mass is 9.96. The highest BCUT2D eigenvalue weighted by atomic mass is 35.5. The number of carbonyl (C=O) groups excluding carboxylic acids is 1. The van der Waals surface area contributed by atoms with Gasteiger partial charge in [0.15, 0.2) is 6.61 Å². The van der Waals surface area contributed by atoms with Crippen LogP contribution in [0.1, 0.15) is 18.4 Å². The van der Waals surface area contributed by atoms with E-state index in [1.54, 1.807) is 24.3 Å². The summed E-state index contributed by atoms with van der Waals surface area (Å²) in [5.74, 6) is 0.494. The predicted octanol–water partition coefficient (Wildman–Crippen LogP) is 4.22. The van der Waals surface area contributed by atoms with E-state index in [9.17, 15) is 4.79 Å². The van der Waals surface area contributed by atoms with Crippen molar-refractivity contribution in [3.05, 3.63) is 64.1 Å². The van der Waals surface area contributed by atoms with Gasteiger partial charge in [-0.25, -0.2) is 0 Å². The van der Waals surface area contributed by atoms with E-state index in [1.165, 1.54) is 5.56 Å². The maximum absolute atomic E-state index is 12.0. The van der Waals surface area contributed by atoms with Gasteiger partial charge in [0, 0.05) is 22.0 Å². The summed E-state index contributed by atoms with van der Waals surface area (Å²) in [5.41, 5.74) is 1.21. The number of carbonyl (C=O) groups is 1. The number of nitrogens with one attached hydrogen (secondary N) is 1. The predicted molar refractivity (Wildman–Crippen MR) is 92.3 cm³/mol. The number of halogens is 2. The van der Waals surface area contributed by atoms with E-state index < -0.39 is 0 Å². The molecule has 120 valence electrons. The SMILES string of the molecule is O=C(COc1ccc(Cl)cc1)NCC1(c2cccc(Cl)c2)CC1. The van der Waals surface area contributed by atoms with Crippen molar-refractivity contribution in [3.63, 3.8) is 0 Å². The van der Waals surface area contributed by atoms with Gasteiger partial charge in [0.25, 0.3) is 5.91 Å². The molecule has 2 aromatic rings. The number of hydrogen-bond donors (Lipinski definition) is 1. The number of ether oxygens (including phenoxy) is 1. The minimum absolute atomic E-state index is 0.00669. The van der Waals surface area contributed by atoms with Gasteiger partial charge in [-0.05, 0) is 54.8 Å². The molecular weight excluding hydrogens is 333 g/mol. The molecule has 5 heteroatoms. The van der Waals surface area contributed by atoms with Crippen LogP contribution in [0.2, 0.25) is 10.0 Å². The van der Waals surface area contributed by atoms with Gasteiger partial charge in [-0.3, -0.25) is 4.79 Å². The third kappa shape index (κ3) is 4.18. The van der Waals surface area contributed by atoms with Crippen LogP contribution < -0.4 is 10.1 Å². The number of amides is 1. The molecule has 3 rings (SSSR count). The van der Waals surface area contributed by atoms with Crippen molar-refractivity contribution in [1.82, 2.24) is 5.32 Å². The summed E-state index contributed by atoms with van der Waals surface area (Å²) in [5, 5.41) is 4.32. The Bertz CT molecular complexity index is 696. The first-order valence-corrected chi connectivity index (χ1v) is 8.24. The summed E-state index contributed by atoms with van der Waals surface area (Å²) < 4.78 is 5.44. The molecule has 0 aliphatic heterocycles. The highest BCUT2D eigenvalue weighted by Gasteiger charge is 2.44. The van der Waals surface area contributed by atoms with E-state index in [1.807, 2.05) is 18.2 Å². The Hall–Kier alpha value is -1.71. The fraction of sp³-hybridized carbons (Fsp3) is 0.278. The van der Waals surface area contributed by atoms with Crippen molar-refractivity contribution in [2.75, 3.05) is 13.2 Å². The van der Waals surface area contributed by atoms with Gasteiger partial charge in [0.2, 0.25) is 0 Å². The second-order valence-electron chi connectivity index (χ2n) is 5.81. The number of benzene rings is 2. The van der Waals surface area contributed by atoms with E-state index in [4.69, 9.17) is 27.9 Å². The molecule has 3 nitrogen and oxygen atoms in total. The zero-order valence-electron chi connectivity index (χ0n) is 12.5. The molecule has 1 aliphatic rings. The van der Waals surface area contributed by atoms with Crippen molar-refractivity contribution >= 4 is 29.1 Å². The minimum Gasteiger partial charge on any atom is -0.484 e. The van der Waals surface area contributed by atoms with Crippen LogP contribution in [0.3, 0.4) is 0 Å². The fourth-order valence-electron chi connectivity index (χ4n) is 2.54. The molecular formula is C18H17Cl2NO2. The van der Waals surface area contributed by atoms with Gasteiger partial charge in [0.1, 0.15) is 5.75 Å². The zero-order valence-corrected chi connectivity index (χ0v) is 14.0. The van der Waals surface area contributed by atoms with E-state index in [2.05, 4.69) is 11.4 Å². The highest BCUT2D eigenvalue weighted by molar-refractivity contribution is 6.30. The van der Waals surface area contributed by atoms with Crippen molar-refractivity contribution in [2.45, 2.75) is 18.3 Å². The smallest absolute Gasteiger partial charge is 0.257 e. The monoisotopic (exact) mass is 349 g/mol. The molecule has 0 spiro atoms. The normalized spacial score (nSPS) is 15.0. The molecule has 1 saturated carbocycles. The Balaban J connectivity index is 1.50. The molecule has 1 fully saturated rings. The Morgan fingerprint density at radius 1 is 1.09 bits per heavy atom. The standard InChI is InChI=1S/C18H17Cl2NO2/c19-14-4-6-16(7-5-14)23-11-17(22)21-12-18(8-9-18)13-2-1-3-15(20)10-13/h1-7,10H,8-9,11-12H2,(H,21,22). The summed E-state index contributed by atoms with van der Waals surface area (Å²) in [4.78, 5) is 12.0. The molecule has 0 atom stereocenters. The summed E-state index contributed by atoms with van der Waals surface area (Å²) in [7, 11) is 0. The van der Waals surface area contributed by atoms with Gasteiger partial charge < -0.3 is 10.1 Å². The second kappa shape index (κ2) is 6.81. The lowest BCUT2D eigenvalue weighted by Gasteiger charge is -2.17. The first-order valence-electron chi connectivity index (χ1n) is 7.49. The van der Waals surface area contributed by atoms with Crippen LogP contribution in [0.25, 0.3) is 0 Å². The van der Waals surface area contributed by atoms with Crippen molar-refractivity contribution in [3.8, 4) is 5.75 Å². The molecule has 0 unspecified atom stereocenters. The average molecular weight is 350 g/mol. The molecule has 1 N–H and O–H groups in total. The van der Waals surface area contributed by atoms with Crippen LogP contribution in [-0.4, -0.2) is 19.1 Å². The van der Waals surface area contributed by atoms with E-state index >= 15 is 0 Å². The molecule has 0 aromatic heterocycles. The zero-order chi connectivity index (χ0) is 16.3. The lowest BCUT2D eigenvalue weighted by Crippen LogP contribution is -2.35. The lowest BCUT2D eigenvalue weighted by molar-refractivity contribution is -0.123. The maximum Gasteiger partial charge on any atom is 0.257 e. The first kappa shape index (κ1) is 16.2. The van der Waals surface area contributed by atoms with Gasteiger partial charge in [-0.15, -0.1) is 0 Å². The van der Waals surface area contributed by atoms with Crippen LogP contribution in [0.5, 0.6) is 5.75 Å². The van der Waals surface area contributed by atoms with Crippen LogP contribution >= 0.6 is 23.2 Å². The molecule has 0 heterocycles. The van der Waals surface area contributed by atoms with Gasteiger partial charge in [-0.2, -0.15) is 0 Å². The Labute approximate surface area is 145 Å². The van der Waals surface area contributed by atoms with Crippen LogP contribution in [0.15, 0.2) is 48.5 Å². The van der Waals surface area contributed by atoms with Crippen molar-refractivity contribution in [2.24, 2.45) is 0 Å². The van der Waals surface area contributed by atoms with Gasteiger partial charge in [0.05, 0.1) is 0 Å². The van der Waals surface area contributed by atoms with Crippen LogP contribution in [0.4, 0.5) is 0 Å². The molecule has 0 bridgehead atoms. The first-order chi connectivity index (χ1) is 11.1. The third-order valence-corrected chi connectivity index (χ3v) is 4.59. The molecule has 1 aliphatic carbocycles. The minimum atomic E-state index is -0.131. The number of rotatable bonds is 6. The van der Waals surface area contributed by atoms with Crippen molar-refractivity contribution in [1.29, 1.82) is 0 Å². The van der Waals surface area contributed by atoms with Crippen molar-refractivity contribution < 1.29 is 9.53 Å². The fourth-order valence-corrected chi connectivity index (χ4v) is 2.85. The Kier molecular flexibility index (Phi) is 4.79. The molecule has 2 aromatic carbocycles. The summed E-state index contributed by atoms with van der Waals surface area (Å²) in [6.45, 7) is 0.601. The molecule has 1 amide bonds. The van der Waals surface area contributed by atoms with E-state index in [-0.39, 0.29) is 17.9 Å². The summed E-state index contributed by atoms with van der Waals surface area (Å²) >= 11 is 11.9. The Morgan fingerprint density at radius 3 is 2.48 bits per heavy atom. The topological polar surface area (TPSA) is 38.3 Å². The molecule has 0 saturated heterocycles. The van der Waals surface area contributed by atoms with Gasteiger partial charge >= 0.3 is 0 Å². The molecule has 0 radical (unpaired) electrons. The van der Waals surface area contributed by atoms with Crippen LogP contribution in [0, 0.1) is 0 Å². The summed E-state index contributed by atoms with van der Waals surface area (Å²) in [6, 6.07) is 14.8.